The van der Waals surface area contributed by atoms with Gasteiger partial charge in [0.25, 0.3) is 0 Å². The normalized spacial score (nSPS) is 12.0. The van der Waals surface area contributed by atoms with Crippen molar-refractivity contribution in [2.75, 3.05) is 0 Å². The van der Waals surface area contributed by atoms with Gasteiger partial charge in [0, 0.05) is 6.54 Å². The predicted octanol–water partition coefficient (Wildman–Crippen LogP) is 3.00. The van der Waals surface area contributed by atoms with Gasteiger partial charge in [-0.25, -0.2) is 21.6 Å². The Morgan fingerprint density at radius 3 is 1.62 bits per heavy atom. The van der Waals surface area contributed by atoms with Crippen LogP contribution < -0.4 is 4.72 Å². The van der Waals surface area contributed by atoms with Crippen LogP contribution in [0.15, 0.2) is 99.6 Å². The van der Waals surface area contributed by atoms with Crippen LogP contribution in [0.3, 0.4) is 0 Å². The summed E-state index contributed by atoms with van der Waals surface area (Å²) in [6.45, 7) is 0.160. The molecule has 0 unspecified atom stereocenters. The van der Waals surface area contributed by atoms with Crippen LogP contribution in [0.25, 0.3) is 0 Å². The highest BCUT2D eigenvalue weighted by Crippen LogP contribution is 2.22. The van der Waals surface area contributed by atoms with Crippen molar-refractivity contribution >= 4 is 19.9 Å². The Bertz CT molecular complexity index is 1080. The average Bonchev–Trinajstić information content (AvgIpc) is 2.68. The quantitative estimate of drug-likeness (QED) is 0.705. The molecular weight excluding hydrogens is 370 g/mol. The maximum absolute atomic E-state index is 12.5. The van der Waals surface area contributed by atoms with Crippen molar-refractivity contribution < 1.29 is 16.8 Å². The largest absolute Gasteiger partial charge is 0.240 e. The van der Waals surface area contributed by atoms with Crippen LogP contribution in [0.1, 0.15) is 5.56 Å². The molecule has 0 fully saturated rings. The van der Waals surface area contributed by atoms with Crippen molar-refractivity contribution in [3.8, 4) is 0 Å². The zero-order valence-electron chi connectivity index (χ0n) is 13.7. The molecule has 0 atom stereocenters. The Labute approximate surface area is 153 Å². The van der Waals surface area contributed by atoms with Crippen molar-refractivity contribution in [3.05, 3.63) is 90.5 Å². The molecule has 3 aromatic rings. The molecule has 0 saturated heterocycles. The summed E-state index contributed by atoms with van der Waals surface area (Å²) in [6.07, 6.45) is 0. The van der Waals surface area contributed by atoms with E-state index in [1.165, 1.54) is 36.4 Å². The number of nitrogens with one attached hydrogen (secondary N) is 1. The van der Waals surface area contributed by atoms with Crippen LogP contribution >= 0.6 is 0 Å². The molecule has 0 aliphatic rings. The van der Waals surface area contributed by atoms with Gasteiger partial charge in [0.15, 0.2) is 0 Å². The van der Waals surface area contributed by atoms with Crippen LogP contribution in [-0.2, 0) is 26.4 Å². The van der Waals surface area contributed by atoms with Gasteiger partial charge in [0.2, 0.25) is 19.9 Å². The molecule has 3 rings (SSSR count). The highest BCUT2D eigenvalue weighted by Gasteiger charge is 2.19. The summed E-state index contributed by atoms with van der Waals surface area (Å²) in [5.74, 6) is 0. The molecule has 0 saturated carbocycles. The van der Waals surface area contributed by atoms with Gasteiger partial charge in [-0.05, 0) is 42.0 Å². The highest BCUT2D eigenvalue weighted by atomic mass is 32.2. The van der Waals surface area contributed by atoms with Crippen molar-refractivity contribution in [1.82, 2.24) is 4.72 Å². The molecule has 0 aliphatic heterocycles. The van der Waals surface area contributed by atoms with Crippen molar-refractivity contribution in [1.29, 1.82) is 0 Å². The Hall–Kier alpha value is -2.48. The highest BCUT2D eigenvalue weighted by molar-refractivity contribution is 7.91. The number of rotatable bonds is 6. The number of hydrogen-bond acceptors (Lipinski definition) is 4. The molecule has 1 N–H and O–H groups in total. The maximum Gasteiger partial charge on any atom is 0.240 e. The summed E-state index contributed by atoms with van der Waals surface area (Å²) in [7, 11) is -7.40. The van der Waals surface area contributed by atoms with E-state index in [2.05, 4.69) is 4.72 Å². The smallest absolute Gasteiger partial charge is 0.219 e. The van der Waals surface area contributed by atoms with Gasteiger partial charge in [-0.1, -0.05) is 48.5 Å². The van der Waals surface area contributed by atoms with Crippen LogP contribution in [0.2, 0.25) is 0 Å². The number of benzene rings is 3. The second-order valence-corrected chi connectivity index (χ2v) is 9.31. The van der Waals surface area contributed by atoms with Crippen LogP contribution in [0.4, 0.5) is 0 Å². The third-order valence-electron chi connectivity index (χ3n) is 3.81. The molecule has 0 heterocycles. The van der Waals surface area contributed by atoms with E-state index in [1.54, 1.807) is 18.2 Å². The minimum Gasteiger partial charge on any atom is -0.219 e. The summed E-state index contributed by atoms with van der Waals surface area (Å²) >= 11 is 0. The molecule has 0 aromatic heterocycles. The SMILES string of the molecule is O=S(=O)(NCc1ccccc1)c1ccc(S(=O)(=O)c2ccccc2)cc1. The first kappa shape index (κ1) is 18.3. The molecule has 3 aromatic carbocycles. The molecule has 134 valence electrons. The Balaban J connectivity index is 1.81. The van der Waals surface area contributed by atoms with E-state index >= 15 is 0 Å². The molecule has 26 heavy (non-hydrogen) atoms. The van der Waals surface area contributed by atoms with E-state index in [-0.39, 0.29) is 21.2 Å². The fourth-order valence-corrected chi connectivity index (χ4v) is 4.69. The fourth-order valence-electron chi connectivity index (χ4n) is 2.39. The minimum atomic E-state index is -3.73. The predicted molar refractivity (Wildman–Crippen MR) is 98.8 cm³/mol. The first-order chi connectivity index (χ1) is 12.4. The molecule has 7 heteroatoms. The second-order valence-electron chi connectivity index (χ2n) is 5.60. The summed E-state index contributed by atoms with van der Waals surface area (Å²) in [4.78, 5) is 0.226. The van der Waals surface area contributed by atoms with Crippen molar-refractivity contribution in [2.45, 2.75) is 21.2 Å². The van der Waals surface area contributed by atoms with Gasteiger partial charge in [-0.15, -0.1) is 0 Å². The number of sulfonamides is 1. The third-order valence-corrected chi connectivity index (χ3v) is 7.01. The molecule has 0 aliphatic carbocycles. The second kappa shape index (κ2) is 7.41. The molecule has 0 bridgehead atoms. The van der Waals surface area contributed by atoms with Crippen molar-refractivity contribution in [2.24, 2.45) is 0 Å². The van der Waals surface area contributed by atoms with E-state index in [0.717, 1.165) is 5.56 Å². The van der Waals surface area contributed by atoms with Gasteiger partial charge in [0.1, 0.15) is 0 Å². The molecule has 0 amide bonds. The lowest BCUT2D eigenvalue weighted by atomic mass is 10.2. The van der Waals surface area contributed by atoms with Gasteiger partial charge in [-0.2, -0.15) is 0 Å². The Kier molecular flexibility index (Phi) is 5.22. The van der Waals surface area contributed by atoms with E-state index < -0.39 is 19.9 Å². The maximum atomic E-state index is 12.5. The van der Waals surface area contributed by atoms with Gasteiger partial charge in [-0.3, -0.25) is 0 Å². The van der Waals surface area contributed by atoms with Gasteiger partial charge >= 0.3 is 0 Å². The van der Waals surface area contributed by atoms with Crippen LogP contribution in [0, 0.1) is 0 Å². The molecule has 5 nitrogen and oxygen atoms in total. The zero-order valence-corrected chi connectivity index (χ0v) is 15.4. The van der Waals surface area contributed by atoms with Gasteiger partial charge in [0.05, 0.1) is 14.7 Å². The summed E-state index contributed by atoms with van der Waals surface area (Å²) in [5, 5.41) is 0. The lowest BCUT2D eigenvalue weighted by Crippen LogP contribution is -2.23. The summed E-state index contributed by atoms with van der Waals surface area (Å²) < 4.78 is 52.3. The van der Waals surface area contributed by atoms with Gasteiger partial charge < -0.3 is 0 Å². The van der Waals surface area contributed by atoms with Crippen molar-refractivity contribution in [3.63, 3.8) is 0 Å². The average molecular weight is 387 g/mol. The summed E-state index contributed by atoms with van der Waals surface area (Å²) in [6, 6.07) is 22.3. The Morgan fingerprint density at radius 1 is 0.577 bits per heavy atom. The lowest BCUT2D eigenvalue weighted by Gasteiger charge is -2.08. The lowest BCUT2D eigenvalue weighted by molar-refractivity contribution is 0.580. The topological polar surface area (TPSA) is 80.3 Å². The number of hydrogen-bond donors (Lipinski definition) is 1. The molecule has 0 radical (unpaired) electrons. The van der Waals surface area contributed by atoms with Crippen LogP contribution in [-0.4, -0.2) is 16.8 Å². The van der Waals surface area contributed by atoms with Crippen LogP contribution in [0.5, 0.6) is 0 Å². The van der Waals surface area contributed by atoms with E-state index in [9.17, 15) is 16.8 Å². The zero-order chi connectivity index (χ0) is 18.6. The number of sulfone groups is 1. The molecular formula is C19H17NO4S2. The first-order valence-corrected chi connectivity index (χ1v) is 10.8. The summed E-state index contributed by atoms with van der Waals surface area (Å²) in [5.41, 5.74) is 0.833. The fraction of sp³-hybridized carbons (Fsp3) is 0.0526. The first-order valence-electron chi connectivity index (χ1n) is 7.83. The minimum absolute atomic E-state index is 0.0143. The van der Waals surface area contributed by atoms with E-state index in [1.807, 2.05) is 30.3 Å². The van der Waals surface area contributed by atoms with E-state index in [0.29, 0.717) is 0 Å². The van der Waals surface area contributed by atoms with E-state index in [4.69, 9.17) is 0 Å². The molecule has 0 spiro atoms. The monoisotopic (exact) mass is 387 g/mol. The standard InChI is InChI=1S/C19H17NO4S2/c21-25(22,17-9-5-2-6-10-17)18-11-13-19(14-12-18)26(23,24)20-15-16-7-3-1-4-8-16/h1-14,20H,15H2. The third kappa shape index (κ3) is 4.01. The Morgan fingerprint density at radius 2 is 1.04 bits per heavy atom.